The van der Waals surface area contributed by atoms with E-state index in [2.05, 4.69) is 0 Å². The van der Waals surface area contributed by atoms with Crippen molar-refractivity contribution < 1.29 is 19.1 Å². The molecule has 0 aromatic carbocycles. The van der Waals surface area contributed by atoms with E-state index in [0.29, 0.717) is 6.42 Å². The maximum Gasteiger partial charge on any atom is 0.340 e. The Morgan fingerprint density at radius 1 is 0.952 bits per heavy atom. The van der Waals surface area contributed by atoms with E-state index in [1.165, 1.54) is 0 Å². The molecule has 0 spiro atoms. The fourth-order valence-corrected chi connectivity index (χ4v) is 3.24. The number of rotatable bonds is 2. The molecule has 2 aliphatic carbocycles. The summed E-state index contributed by atoms with van der Waals surface area (Å²) >= 11 is 16.5. The summed E-state index contributed by atoms with van der Waals surface area (Å²) in [6.45, 7) is 5.34. The maximum absolute atomic E-state index is 12.4. The Bertz CT molecular complexity index is 434. The zero-order chi connectivity index (χ0) is 16.0. The highest BCUT2D eigenvalue weighted by Crippen LogP contribution is 2.50. The molecule has 4 unspecified atom stereocenters. The minimum atomic E-state index is -2.12. The summed E-state index contributed by atoms with van der Waals surface area (Å²) in [7, 11) is 0. The third-order valence-corrected chi connectivity index (χ3v) is 3.86. The van der Waals surface area contributed by atoms with Crippen LogP contribution in [-0.4, -0.2) is 21.5 Å². The molecule has 4 atom stereocenters. The van der Waals surface area contributed by atoms with Gasteiger partial charge in [-0.15, -0.1) is 0 Å². The molecule has 0 N–H and O–H groups in total. The summed E-state index contributed by atoms with van der Waals surface area (Å²) in [6, 6.07) is 0. The largest absolute Gasteiger partial charge is 0.460 e. The molecule has 2 rings (SSSR count). The van der Waals surface area contributed by atoms with E-state index in [0.717, 1.165) is 0 Å². The van der Waals surface area contributed by atoms with Gasteiger partial charge in [0.1, 0.15) is 5.60 Å². The Kier molecular flexibility index (Phi) is 4.54. The fourth-order valence-electron chi connectivity index (χ4n) is 3.02. The third-order valence-electron chi connectivity index (χ3n) is 3.63. The lowest BCUT2D eigenvalue weighted by Gasteiger charge is -2.29. The molecule has 0 aromatic rings. The second-order valence-electron chi connectivity index (χ2n) is 6.40. The molecule has 0 aromatic heterocycles. The quantitative estimate of drug-likeness (QED) is 0.431. The predicted molar refractivity (Wildman–Crippen MR) is 79.9 cm³/mol. The average molecular weight is 356 g/mol. The fraction of sp³-hybridized carbons (Fsp3) is 0.714. The van der Waals surface area contributed by atoms with Crippen LogP contribution < -0.4 is 0 Å². The van der Waals surface area contributed by atoms with Gasteiger partial charge >= 0.3 is 15.9 Å². The van der Waals surface area contributed by atoms with E-state index in [4.69, 9.17) is 44.3 Å². The van der Waals surface area contributed by atoms with Crippen LogP contribution >= 0.6 is 34.8 Å². The van der Waals surface area contributed by atoms with Crippen LogP contribution in [-0.2, 0) is 19.1 Å². The van der Waals surface area contributed by atoms with Crippen molar-refractivity contribution in [1.29, 1.82) is 0 Å². The van der Waals surface area contributed by atoms with Gasteiger partial charge in [0.25, 0.3) is 0 Å². The summed E-state index contributed by atoms with van der Waals surface area (Å²) in [4.78, 5) is 24.6. The number of alkyl halides is 3. The lowest BCUT2D eigenvalue weighted by Crippen LogP contribution is -2.39. The van der Waals surface area contributed by atoms with Crippen LogP contribution in [0.5, 0.6) is 0 Å². The van der Waals surface area contributed by atoms with Crippen LogP contribution in [0.3, 0.4) is 0 Å². The predicted octanol–water partition coefficient (Wildman–Crippen LogP) is 3.64. The second-order valence-corrected chi connectivity index (χ2v) is 8.58. The van der Waals surface area contributed by atoms with Crippen LogP contribution in [0, 0.1) is 23.7 Å². The Morgan fingerprint density at radius 3 is 1.76 bits per heavy atom. The first kappa shape index (κ1) is 16.9. The molecule has 0 amide bonds. The summed E-state index contributed by atoms with van der Waals surface area (Å²) in [5.74, 6) is -2.44. The molecule has 2 aliphatic rings. The highest BCUT2D eigenvalue weighted by molar-refractivity contribution is 6.66. The van der Waals surface area contributed by atoms with Gasteiger partial charge in [0.05, 0.1) is 11.8 Å². The second kappa shape index (κ2) is 5.64. The van der Waals surface area contributed by atoms with Crippen LogP contribution in [0.15, 0.2) is 12.2 Å². The molecule has 1 fully saturated rings. The first-order valence-electron chi connectivity index (χ1n) is 6.69. The van der Waals surface area contributed by atoms with Gasteiger partial charge in [-0.3, -0.25) is 9.59 Å². The zero-order valence-electron chi connectivity index (χ0n) is 11.9. The van der Waals surface area contributed by atoms with Crippen LogP contribution in [0.4, 0.5) is 0 Å². The molecule has 1 saturated carbocycles. The SMILES string of the molecule is CC(C)(C)OC(=O)C1C2C=CC(C2)C1C(=O)OC(Cl)(Cl)Cl. The van der Waals surface area contributed by atoms with Gasteiger partial charge in [-0.05, 0) is 73.8 Å². The van der Waals surface area contributed by atoms with Gasteiger partial charge in [0, 0.05) is 0 Å². The number of carbonyl (C=O) groups is 2. The van der Waals surface area contributed by atoms with Crippen LogP contribution in [0.25, 0.3) is 0 Å². The molecule has 2 bridgehead atoms. The van der Waals surface area contributed by atoms with Gasteiger partial charge in [0.15, 0.2) is 0 Å². The molecule has 0 radical (unpaired) electrons. The lowest BCUT2D eigenvalue weighted by atomic mass is 9.83. The molecule has 4 nitrogen and oxygen atoms in total. The van der Waals surface area contributed by atoms with E-state index >= 15 is 0 Å². The van der Waals surface area contributed by atoms with Gasteiger partial charge in [0.2, 0.25) is 0 Å². The summed E-state index contributed by atoms with van der Waals surface area (Å²) < 4.78 is 8.08. The Labute approximate surface area is 138 Å². The molecule has 21 heavy (non-hydrogen) atoms. The standard InChI is InChI=1S/C14H17Cl3O4/c1-13(2,3)20-11(18)9-7-4-5-8(6-7)10(9)12(19)21-14(15,16)17/h4-5,7-10H,6H2,1-3H3. The Balaban J connectivity index is 2.17. The van der Waals surface area contributed by atoms with E-state index in [1.807, 2.05) is 12.2 Å². The van der Waals surface area contributed by atoms with E-state index in [9.17, 15) is 9.59 Å². The van der Waals surface area contributed by atoms with Gasteiger partial charge in [-0.25, -0.2) is 0 Å². The van der Waals surface area contributed by atoms with Crippen LogP contribution in [0.2, 0.25) is 0 Å². The van der Waals surface area contributed by atoms with Gasteiger partial charge in [-0.2, -0.15) is 0 Å². The Morgan fingerprint density at radius 2 is 1.38 bits per heavy atom. The van der Waals surface area contributed by atoms with Gasteiger partial charge in [-0.1, -0.05) is 12.2 Å². The van der Waals surface area contributed by atoms with E-state index in [1.54, 1.807) is 20.8 Å². The van der Waals surface area contributed by atoms with E-state index < -0.39 is 33.4 Å². The minimum absolute atomic E-state index is 0.0298. The number of halogens is 3. The van der Waals surface area contributed by atoms with Crippen molar-refractivity contribution in [3.63, 3.8) is 0 Å². The number of esters is 2. The average Bonchev–Trinajstić information content (AvgIpc) is 2.82. The number of fused-ring (bicyclic) bond motifs is 2. The lowest BCUT2D eigenvalue weighted by molar-refractivity contribution is -0.169. The van der Waals surface area contributed by atoms with Crippen LogP contribution in [0.1, 0.15) is 27.2 Å². The Hall–Kier alpha value is -0.450. The molecule has 0 saturated heterocycles. The molecule has 118 valence electrons. The minimum Gasteiger partial charge on any atom is -0.460 e. The molecular formula is C14H17Cl3O4. The maximum atomic E-state index is 12.4. The van der Waals surface area contributed by atoms with E-state index in [-0.39, 0.29) is 11.8 Å². The third kappa shape index (κ3) is 4.05. The monoisotopic (exact) mass is 354 g/mol. The number of hydrogen-bond acceptors (Lipinski definition) is 4. The molecule has 7 heteroatoms. The number of allylic oxidation sites excluding steroid dienone is 2. The first-order valence-corrected chi connectivity index (χ1v) is 7.82. The molecular weight excluding hydrogens is 339 g/mol. The van der Waals surface area contributed by atoms with Crippen molar-refractivity contribution in [3.05, 3.63) is 12.2 Å². The summed E-state index contributed by atoms with van der Waals surface area (Å²) in [6.07, 6.45) is 4.57. The first-order chi connectivity index (χ1) is 9.48. The highest BCUT2D eigenvalue weighted by atomic mass is 35.6. The van der Waals surface area contributed by atoms with Crippen molar-refractivity contribution in [1.82, 2.24) is 0 Å². The van der Waals surface area contributed by atoms with Crippen molar-refractivity contribution in [2.75, 3.05) is 0 Å². The van der Waals surface area contributed by atoms with Gasteiger partial charge < -0.3 is 9.47 Å². The van der Waals surface area contributed by atoms with Crippen molar-refractivity contribution in [3.8, 4) is 0 Å². The highest BCUT2D eigenvalue weighted by Gasteiger charge is 2.54. The molecule has 0 aliphatic heterocycles. The summed E-state index contributed by atoms with van der Waals surface area (Å²) in [5.41, 5.74) is -0.619. The van der Waals surface area contributed by atoms with Crippen molar-refractivity contribution in [2.45, 2.75) is 36.8 Å². The normalized spacial score (nSPS) is 31.3. The number of ether oxygens (including phenoxy) is 2. The zero-order valence-corrected chi connectivity index (χ0v) is 14.2. The van der Waals surface area contributed by atoms with Crippen molar-refractivity contribution >= 4 is 46.7 Å². The number of hydrogen-bond donors (Lipinski definition) is 0. The summed E-state index contributed by atoms with van der Waals surface area (Å²) in [5, 5.41) is 0. The molecule has 0 heterocycles. The van der Waals surface area contributed by atoms with Crippen molar-refractivity contribution in [2.24, 2.45) is 23.7 Å². The smallest absolute Gasteiger partial charge is 0.340 e. The number of carbonyl (C=O) groups excluding carboxylic acids is 2. The topological polar surface area (TPSA) is 52.6 Å².